The van der Waals surface area contributed by atoms with Crippen LogP contribution in [-0.2, 0) is 11.5 Å². The number of halogens is 1. The number of anilines is 1. The normalized spacial score (nSPS) is 10.6. The molecule has 2 rings (SSSR count). The lowest BCUT2D eigenvalue weighted by molar-refractivity contribution is 0.530. The van der Waals surface area contributed by atoms with Crippen LogP contribution in [0.25, 0.3) is 0 Å². The van der Waals surface area contributed by atoms with Gasteiger partial charge in [-0.2, -0.15) is 0 Å². The first-order valence-corrected chi connectivity index (χ1v) is 7.32. The van der Waals surface area contributed by atoms with Crippen molar-refractivity contribution in [2.24, 2.45) is 0 Å². The number of hydrogen-bond donors (Lipinski definition) is 1. The van der Waals surface area contributed by atoms with E-state index in [1.54, 1.807) is 18.0 Å². The standard InChI is InChI=1S/C13H15ClN2OS/c1-2-15-13-6-5-11(14)12(16-13)9-18-8-10-4-3-7-17-10/h3-7H,2,8-9H2,1H3,(H,15,16). The van der Waals surface area contributed by atoms with E-state index in [9.17, 15) is 0 Å². The van der Waals surface area contributed by atoms with Crippen LogP contribution in [-0.4, -0.2) is 11.5 Å². The van der Waals surface area contributed by atoms with Crippen LogP contribution >= 0.6 is 23.4 Å². The average Bonchev–Trinajstić information content (AvgIpc) is 2.86. The second kappa shape index (κ2) is 6.71. The van der Waals surface area contributed by atoms with E-state index in [2.05, 4.69) is 10.3 Å². The monoisotopic (exact) mass is 282 g/mol. The molecule has 96 valence electrons. The molecule has 0 aliphatic carbocycles. The van der Waals surface area contributed by atoms with Gasteiger partial charge in [-0.15, -0.1) is 11.8 Å². The third kappa shape index (κ3) is 3.68. The molecule has 2 aromatic rings. The van der Waals surface area contributed by atoms with Gasteiger partial charge in [0.05, 0.1) is 22.7 Å². The van der Waals surface area contributed by atoms with Gasteiger partial charge in [-0.25, -0.2) is 4.98 Å². The summed E-state index contributed by atoms with van der Waals surface area (Å²) < 4.78 is 5.28. The van der Waals surface area contributed by atoms with Crippen molar-refractivity contribution in [3.8, 4) is 0 Å². The van der Waals surface area contributed by atoms with Crippen molar-refractivity contribution in [2.45, 2.75) is 18.4 Å². The summed E-state index contributed by atoms with van der Waals surface area (Å²) in [5.41, 5.74) is 0.909. The first-order valence-electron chi connectivity index (χ1n) is 5.79. The predicted octanol–water partition coefficient (Wildman–Crippen LogP) is 4.19. The minimum absolute atomic E-state index is 0.712. The van der Waals surface area contributed by atoms with Crippen LogP contribution in [0.1, 0.15) is 18.4 Å². The Morgan fingerprint density at radius 3 is 2.94 bits per heavy atom. The molecule has 3 nitrogen and oxygen atoms in total. The quantitative estimate of drug-likeness (QED) is 0.862. The topological polar surface area (TPSA) is 38.1 Å². The molecule has 0 aliphatic rings. The Balaban J connectivity index is 1.93. The minimum Gasteiger partial charge on any atom is -0.468 e. The van der Waals surface area contributed by atoms with E-state index in [1.807, 2.05) is 31.2 Å². The molecule has 2 aromatic heterocycles. The van der Waals surface area contributed by atoms with Crippen molar-refractivity contribution >= 4 is 29.2 Å². The fraction of sp³-hybridized carbons (Fsp3) is 0.308. The summed E-state index contributed by atoms with van der Waals surface area (Å²) in [7, 11) is 0. The number of furan rings is 1. The SMILES string of the molecule is CCNc1ccc(Cl)c(CSCc2ccco2)n1. The number of nitrogens with zero attached hydrogens (tertiary/aromatic N) is 1. The number of thioether (sulfide) groups is 1. The fourth-order valence-corrected chi connectivity index (χ4v) is 2.64. The molecule has 0 radical (unpaired) electrons. The first-order chi connectivity index (χ1) is 8.79. The molecule has 0 aliphatic heterocycles. The molecule has 0 aromatic carbocycles. The van der Waals surface area contributed by atoms with E-state index in [4.69, 9.17) is 16.0 Å². The molecule has 1 N–H and O–H groups in total. The van der Waals surface area contributed by atoms with Crippen LogP contribution in [0.5, 0.6) is 0 Å². The lowest BCUT2D eigenvalue weighted by Gasteiger charge is -2.07. The summed E-state index contributed by atoms with van der Waals surface area (Å²) in [4.78, 5) is 4.49. The second-order valence-corrected chi connectivity index (χ2v) is 5.12. The molecule has 0 unspecified atom stereocenters. The van der Waals surface area contributed by atoms with E-state index >= 15 is 0 Å². The Bertz CT molecular complexity index is 488. The van der Waals surface area contributed by atoms with Gasteiger partial charge in [0.1, 0.15) is 11.6 Å². The molecular formula is C13H15ClN2OS. The Morgan fingerprint density at radius 2 is 2.22 bits per heavy atom. The van der Waals surface area contributed by atoms with Gasteiger partial charge in [0.25, 0.3) is 0 Å². The molecule has 18 heavy (non-hydrogen) atoms. The van der Waals surface area contributed by atoms with E-state index in [0.29, 0.717) is 5.02 Å². The zero-order valence-corrected chi connectivity index (χ0v) is 11.7. The van der Waals surface area contributed by atoms with E-state index in [1.165, 1.54) is 0 Å². The maximum absolute atomic E-state index is 6.13. The number of rotatable bonds is 6. The molecule has 0 fully saturated rings. The minimum atomic E-state index is 0.712. The van der Waals surface area contributed by atoms with Crippen molar-refractivity contribution in [2.75, 3.05) is 11.9 Å². The molecule has 0 saturated carbocycles. The smallest absolute Gasteiger partial charge is 0.126 e. The highest BCUT2D eigenvalue weighted by Crippen LogP contribution is 2.23. The summed E-state index contributed by atoms with van der Waals surface area (Å²) in [6, 6.07) is 7.64. The van der Waals surface area contributed by atoms with E-state index in [0.717, 1.165) is 35.3 Å². The van der Waals surface area contributed by atoms with Gasteiger partial charge in [0, 0.05) is 12.3 Å². The highest BCUT2D eigenvalue weighted by molar-refractivity contribution is 7.97. The second-order valence-electron chi connectivity index (χ2n) is 3.73. The third-order valence-corrected chi connectivity index (χ3v) is 3.65. The van der Waals surface area contributed by atoms with Crippen molar-refractivity contribution in [1.82, 2.24) is 4.98 Å². The van der Waals surface area contributed by atoms with E-state index < -0.39 is 0 Å². The number of hydrogen-bond acceptors (Lipinski definition) is 4. The van der Waals surface area contributed by atoms with Gasteiger partial charge < -0.3 is 9.73 Å². The number of pyridine rings is 1. The summed E-state index contributed by atoms with van der Waals surface area (Å²) in [6.45, 7) is 2.90. The maximum atomic E-state index is 6.13. The van der Waals surface area contributed by atoms with Crippen LogP contribution in [0.4, 0.5) is 5.82 Å². The maximum Gasteiger partial charge on any atom is 0.126 e. The van der Waals surface area contributed by atoms with Crippen LogP contribution in [0.3, 0.4) is 0 Å². The van der Waals surface area contributed by atoms with Crippen LogP contribution in [0.2, 0.25) is 5.02 Å². The predicted molar refractivity (Wildman–Crippen MR) is 77.1 cm³/mol. The third-order valence-electron chi connectivity index (χ3n) is 2.34. The average molecular weight is 283 g/mol. The highest BCUT2D eigenvalue weighted by atomic mass is 35.5. The highest BCUT2D eigenvalue weighted by Gasteiger charge is 2.05. The van der Waals surface area contributed by atoms with Crippen LogP contribution < -0.4 is 5.32 Å². The van der Waals surface area contributed by atoms with Crippen molar-refractivity contribution in [1.29, 1.82) is 0 Å². The Hall–Kier alpha value is -1.13. The van der Waals surface area contributed by atoms with Gasteiger partial charge in [0.2, 0.25) is 0 Å². The van der Waals surface area contributed by atoms with Crippen molar-refractivity contribution in [3.05, 3.63) is 47.0 Å². The number of nitrogens with one attached hydrogen (secondary N) is 1. The molecule has 0 atom stereocenters. The van der Waals surface area contributed by atoms with Gasteiger partial charge in [-0.3, -0.25) is 0 Å². The summed E-state index contributed by atoms with van der Waals surface area (Å²) in [6.07, 6.45) is 1.69. The summed E-state index contributed by atoms with van der Waals surface area (Å²) >= 11 is 7.87. The molecule has 0 saturated heterocycles. The summed E-state index contributed by atoms with van der Waals surface area (Å²) in [5, 5.41) is 3.89. The molecule has 0 spiro atoms. The lowest BCUT2D eigenvalue weighted by atomic mass is 10.3. The van der Waals surface area contributed by atoms with Crippen LogP contribution in [0, 0.1) is 0 Å². The lowest BCUT2D eigenvalue weighted by Crippen LogP contribution is -2.01. The van der Waals surface area contributed by atoms with E-state index in [-0.39, 0.29) is 0 Å². The molecular weight excluding hydrogens is 268 g/mol. The zero-order chi connectivity index (χ0) is 12.8. The Labute approximate surface area is 116 Å². The van der Waals surface area contributed by atoms with Crippen LogP contribution in [0.15, 0.2) is 34.9 Å². The molecule has 2 heterocycles. The van der Waals surface area contributed by atoms with Crippen molar-refractivity contribution in [3.63, 3.8) is 0 Å². The zero-order valence-electron chi connectivity index (χ0n) is 10.1. The number of aromatic nitrogens is 1. The molecule has 0 bridgehead atoms. The molecule has 5 heteroatoms. The summed E-state index contributed by atoms with van der Waals surface area (Å²) in [5.74, 6) is 3.45. The largest absolute Gasteiger partial charge is 0.468 e. The van der Waals surface area contributed by atoms with Gasteiger partial charge in [-0.05, 0) is 31.2 Å². The Kier molecular flexibility index (Phi) is 4.96. The Morgan fingerprint density at radius 1 is 1.33 bits per heavy atom. The van der Waals surface area contributed by atoms with Crippen molar-refractivity contribution < 1.29 is 4.42 Å². The molecule has 0 amide bonds. The fourth-order valence-electron chi connectivity index (χ4n) is 1.51. The van der Waals surface area contributed by atoms with Gasteiger partial charge >= 0.3 is 0 Å². The van der Waals surface area contributed by atoms with Gasteiger partial charge in [0.15, 0.2) is 0 Å². The van der Waals surface area contributed by atoms with Gasteiger partial charge in [-0.1, -0.05) is 11.6 Å². The first kappa shape index (κ1) is 13.3.